The van der Waals surface area contributed by atoms with E-state index in [1.807, 2.05) is 0 Å². The second kappa shape index (κ2) is 5.98. The molecule has 0 heterocycles. The van der Waals surface area contributed by atoms with Gasteiger partial charge in [-0.1, -0.05) is 70.5 Å². The Morgan fingerprint density at radius 2 is 1.76 bits per heavy atom. The first-order valence-electron chi connectivity index (χ1n) is 6.90. The summed E-state index contributed by atoms with van der Waals surface area (Å²) in [5.41, 5.74) is 6.50. The van der Waals surface area contributed by atoms with Gasteiger partial charge in [-0.25, -0.2) is 5.43 Å². The number of hydrogen-bond donors (Lipinski definition) is 2. The highest BCUT2D eigenvalue weighted by Crippen LogP contribution is 2.30. The van der Waals surface area contributed by atoms with E-state index in [-0.39, 0.29) is 6.04 Å². The van der Waals surface area contributed by atoms with Crippen molar-refractivity contribution >= 4 is 26.7 Å². The first-order valence-corrected chi connectivity index (χ1v) is 7.70. The van der Waals surface area contributed by atoms with E-state index in [0.717, 1.165) is 10.0 Å². The quantitative estimate of drug-likeness (QED) is 0.545. The van der Waals surface area contributed by atoms with E-state index < -0.39 is 0 Å². The second-order valence-corrected chi connectivity index (χ2v) is 6.03. The molecule has 0 aliphatic rings. The highest BCUT2D eigenvalue weighted by atomic mass is 79.9. The van der Waals surface area contributed by atoms with Crippen LogP contribution in [0.1, 0.15) is 22.7 Å². The van der Waals surface area contributed by atoms with Gasteiger partial charge in [0.25, 0.3) is 0 Å². The van der Waals surface area contributed by atoms with Crippen LogP contribution in [0.15, 0.2) is 65.1 Å². The molecule has 21 heavy (non-hydrogen) atoms. The Labute approximate surface area is 133 Å². The minimum Gasteiger partial charge on any atom is -0.271 e. The molecule has 0 bridgehead atoms. The summed E-state index contributed by atoms with van der Waals surface area (Å²) in [6, 6.07) is 21.0. The zero-order valence-corrected chi connectivity index (χ0v) is 13.4. The number of fused-ring (bicyclic) bond motifs is 1. The van der Waals surface area contributed by atoms with Gasteiger partial charge in [-0.3, -0.25) is 5.84 Å². The smallest absolute Gasteiger partial charge is 0.0716 e. The average Bonchev–Trinajstić information content (AvgIpc) is 2.52. The number of nitrogens with one attached hydrogen (secondary N) is 1. The Balaban J connectivity index is 2.16. The molecule has 0 spiro atoms. The third-order valence-corrected chi connectivity index (χ3v) is 4.68. The first-order chi connectivity index (χ1) is 10.2. The van der Waals surface area contributed by atoms with Crippen LogP contribution in [0.25, 0.3) is 10.8 Å². The first kappa shape index (κ1) is 14.3. The molecular formula is C18H17BrN2. The molecule has 2 nitrogen and oxygen atoms in total. The maximum Gasteiger partial charge on any atom is 0.0716 e. The fourth-order valence-electron chi connectivity index (χ4n) is 2.66. The fourth-order valence-corrected chi connectivity index (χ4v) is 3.05. The van der Waals surface area contributed by atoms with Crippen molar-refractivity contribution in [1.82, 2.24) is 5.43 Å². The lowest BCUT2D eigenvalue weighted by atomic mass is 9.94. The third-order valence-electron chi connectivity index (χ3n) is 3.83. The Hall–Kier alpha value is -1.68. The minimum absolute atomic E-state index is 0.0343. The fraction of sp³-hybridized carbons (Fsp3) is 0.111. The van der Waals surface area contributed by atoms with Crippen molar-refractivity contribution in [3.05, 3.63) is 81.8 Å². The van der Waals surface area contributed by atoms with Gasteiger partial charge in [0.15, 0.2) is 0 Å². The Morgan fingerprint density at radius 3 is 2.52 bits per heavy atom. The van der Waals surface area contributed by atoms with Crippen LogP contribution in [0, 0.1) is 6.92 Å². The number of rotatable bonds is 3. The van der Waals surface area contributed by atoms with Crippen LogP contribution >= 0.6 is 15.9 Å². The van der Waals surface area contributed by atoms with Crippen LogP contribution in [0.3, 0.4) is 0 Å². The summed E-state index contributed by atoms with van der Waals surface area (Å²) in [5, 5.41) is 2.45. The van der Waals surface area contributed by atoms with Crippen LogP contribution in [0.5, 0.6) is 0 Å². The summed E-state index contributed by atoms with van der Waals surface area (Å²) in [7, 11) is 0. The van der Waals surface area contributed by atoms with Gasteiger partial charge in [0.1, 0.15) is 0 Å². The highest BCUT2D eigenvalue weighted by Gasteiger charge is 2.15. The number of benzene rings is 3. The second-order valence-electron chi connectivity index (χ2n) is 5.18. The van der Waals surface area contributed by atoms with Gasteiger partial charge in [0.05, 0.1) is 6.04 Å². The Morgan fingerprint density at radius 1 is 1.00 bits per heavy atom. The molecule has 1 atom stereocenters. The molecule has 3 heteroatoms. The average molecular weight is 341 g/mol. The van der Waals surface area contributed by atoms with Crippen LogP contribution in [0.4, 0.5) is 0 Å². The lowest BCUT2D eigenvalue weighted by molar-refractivity contribution is 0.640. The van der Waals surface area contributed by atoms with Crippen molar-refractivity contribution in [2.24, 2.45) is 5.84 Å². The molecular weight excluding hydrogens is 324 g/mol. The van der Waals surface area contributed by atoms with E-state index in [1.54, 1.807) is 0 Å². The standard InChI is InChI=1S/C18H17BrN2/c1-12-9-10-14(11-17(12)19)18(21-20)16-8-4-6-13-5-2-3-7-15(13)16/h2-11,18,21H,20H2,1H3. The molecule has 106 valence electrons. The van der Waals surface area contributed by atoms with Crippen molar-refractivity contribution < 1.29 is 0 Å². The SMILES string of the molecule is Cc1ccc(C(NN)c2cccc3ccccc23)cc1Br. The van der Waals surface area contributed by atoms with Crippen molar-refractivity contribution in [3.63, 3.8) is 0 Å². The third kappa shape index (κ3) is 2.72. The topological polar surface area (TPSA) is 38.0 Å². The lowest BCUT2D eigenvalue weighted by Crippen LogP contribution is -2.29. The molecule has 3 aromatic rings. The summed E-state index contributed by atoms with van der Waals surface area (Å²) < 4.78 is 1.10. The van der Waals surface area contributed by atoms with Crippen molar-refractivity contribution in [1.29, 1.82) is 0 Å². The monoisotopic (exact) mass is 340 g/mol. The summed E-state index contributed by atoms with van der Waals surface area (Å²) >= 11 is 3.60. The molecule has 0 aliphatic carbocycles. The van der Waals surface area contributed by atoms with Gasteiger partial charge in [0.2, 0.25) is 0 Å². The molecule has 0 aliphatic heterocycles. The van der Waals surface area contributed by atoms with Crippen LogP contribution in [-0.2, 0) is 0 Å². The van der Waals surface area contributed by atoms with Crippen molar-refractivity contribution in [2.75, 3.05) is 0 Å². The van der Waals surface area contributed by atoms with E-state index in [9.17, 15) is 0 Å². The van der Waals surface area contributed by atoms with E-state index in [1.165, 1.54) is 21.9 Å². The van der Waals surface area contributed by atoms with Crippen LogP contribution in [0.2, 0.25) is 0 Å². The Bertz CT molecular complexity index is 778. The maximum absolute atomic E-state index is 5.85. The summed E-state index contributed by atoms with van der Waals surface area (Å²) in [6.45, 7) is 2.08. The molecule has 0 radical (unpaired) electrons. The highest BCUT2D eigenvalue weighted by molar-refractivity contribution is 9.10. The van der Waals surface area contributed by atoms with Gasteiger partial charge in [-0.2, -0.15) is 0 Å². The molecule has 3 aromatic carbocycles. The maximum atomic E-state index is 5.85. The van der Waals surface area contributed by atoms with E-state index in [4.69, 9.17) is 5.84 Å². The van der Waals surface area contributed by atoms with Gasteiger partial charge < -0.3 is 0 Å². The number of halogens is 1. The minimum atomic E-state index is -0.0343. The predicted octanol–water partition coefficient (Wildman–Crippen LogP) is 4.46. The predicted molar refractivity (Wildman–Crippen MR) is 92.0 cm³/mol. The molecule has 1 unspecified atom stereocenters. The largest absolute Gasteiger partial charge is 0.271 e. The molecule has 0 fully saturated rings. The van der Waals surface area contributed by atoms with Crippen molar-refractivity contribution in [3.8, 4) is 0 Å². The molecule has 3 N–H and O–H groups in total. The molecule has 0 saturated heterocycles. The van der Waals surface area contributed by atoms with Crippen molar-refractivity contribution in [2.45, 2.75) is 13.0 Å². The molecule has 0 amide bonds. The summed E-state index contributed by atoms with van der Waals surface area (Å²) in [6.07, 6.45) is 0. The number of hydrogen-bond acceptors (Lipinski definition) is 2. The molecule has 0 aromatic heterocycles. The summed E-state index contributed by atoms with van der Waals surface area (Å²) in [4.78, 5) is 0. The molecule has 3 rings (SSSR count). The van der Waals surface area contributed by atoms with Gasteiger partial charge >= 0.3 is 0 Å². The number of nitrogens with two attached hydrogens (primary N) is 1. The lowest BCUT2D eigenvalue weighted by Gasteiger charge is -2.19. The van der Waals surface area contributed by atoms with Crippen LogP contribution in [-0.4, -0.2) is 0 Å². The normalized spacial score (nSPS) is 12.5. The Kier molecular flexibility index (Phi) is 4.06. The van der Waals surface area contributed by atoms with Gasteiger partial charge in [-0.05, 0) is 40.5 Å². The zero-order valence-electron chi connectivity index (χ0n) is 11.8. The number of aryl methyl sites for hydroxylation is 1. The van der Waals surface area contributed by atoms with E-state index in [0.29, 0.717) is 0 Å². The van der Waals surface area contributed by atoms with E-state index in [2.05, 4.69) is 88.9 Å². The number of hydrazine groups is 1. The summed E-state index contributed by atoms with van der Waals surface area (Å²) in [5.74, 6) is 5.85. The van der Waals surface area contributed by atoms with E-state index >= 15 is 0 Å². The molecule has 0 saturated carbocycles. The van der Waals surface area contributed by atoms with Gasteiger partial charge in [-0.15, -0.1) is 0 Å². The van der Waals surface area contributed by atoms with Gasteiger partial charge in [0, 0.05) is 4.47 Å². The zero-order chi connectivity index (χ0) is 14.8. The van der Waals surface area contributed by atoms with Crippen LogP contribution < -0.4 is 11.3 Å².